The molecule has 0 aliphatic carbocycles. The van der Waals surface area contributed by atoms with Crippen molar-refractivity contribution in [1.82, 2.24) is 0 Å². The molecule has 19 heavy (non-hydrogen) atoms. The SMILES string of the molecule is CCC1SCCSC1C(=O)Cc1ccc(Cl)cc1F. The Bertz CT molecular complexity index is 467. The summed E-state index contributed by atoms with van der Waals surface area (Å²) in [5.41, 5.74) is 0.445. The molecule has 1 saturated heterocycles. The van der Waals surface area contributed by atoms with E-state index in [0.29, 0.717) is 15.8 Å². The normalized spacial score (nSPS) is 23.3. The Morgan fingerprint density at radius 3 is 2.84 bits per heavy atom. The number of carbonyl (C=O) groups is 1. The zero-order valence-electron chi connectivity index (χ0n) is 10.7. The number of rotatable bonds is 4. The molecule has 5 heteroatoms. The van der Waals surface area contributed by atoms with Gasteiger partial charge in [0.15, 0.2) is 5.78 Å². The number of carbonyl (C=O) groups excluding carboxylic acids is 1. The standard InChI is InChI=1S/C14H16ClFOS2/c1-2-13-14(19-6-5-18-13)12(17)7-9-3-4-10(15)8-11(9)16/h3-4,8,13-14H,2,5-7H2,1H3. The molecule has 1 nitrogen and oxygen atoms in total. The van der Waals surface area contributed by atoms with E-state index in [1.165, 1.54) is 6.07 Å². The van der Waals surface area contributed by atoms with E-state index >= 15 is 0 Å². The van der Waals surface area contributed by atoms with E-state index in [0.717, 1.165) is 17.9 Å². The van der Waals surface area contributed by atoms with Crippen LogP contribution >= 0.6 is 35.1 Å². The Hall–Kier alpha value is -0.190. The van der Waals surface area contributed by atoms with Crippen LogP contribution in [0.4, 0.5) is 4.39 Å². The van der Waals surface area contributed by atoms with Gasteiger partial charge >= 0.3 is 0 Å². The molecule has 0 saturated carbocycles. The predicted octanol–water partition coefficient (Wildman–Crippen LogP) is 4.22. The second kappa shape index (κ2) is 7.00. The highest BCUT2D eigenvalue weighted by Crippen LogP contribution is 2.34. The van der Waals surface area contributed by atoms with E-state index in [9.17, 15) is 9.18 Å². The summed E-state index contributed by atoms with van der Waals surface area (Å²) in [6, 6.07) is 4.51. The monoisotopic (exact) mass is 318 g/mol. The van der Waals surface area contributed by atoms with Crippen LogP contribution in [0.25, 0.3) is 0 Å². The van der Waals surface area contributed by atoms with Gasteiger partial charge in [-0.1, -0.05) is 24.6 Å². The molecule has 104 valence electrons. The van der Waals surface area contributed by atoms with Gasteiger partial charge in [-0.05, 0) is 24.1 Å². The summed E-state index contributed by atoms with van der Waals surface area (Å²) in [6.45, 7) is 2.10. The van der Waals surface area contributed by atoms with E-state index in [1.807, 2.05) is 11.8 Å². The number of hydrogen-bond donors (Lipinski definition) is 0. The molecule has 0 aromatic heterocycles. The highest BCUT2D eigenvalue weighted by molar-refractivity contribution is 8.07. The summed E-state index contributed by atoms with van der Waals surface area (Å²) < 4.78 is 13.7. The van der Waals surface area contributed by atoms with Gasteiger partial charge in [0.05, 0.1) is 5.25 Å². The predicted molar refractivity (Wildman–Crippen MR) is 82.9 cm³/mol. The molecule has 0 N–H and O–H groups in total. The Labute approximate surface area is 126 Å². The fourth-order valence-electron chi connectivity index (χ4n) is 2.15. The van der Waals surface area contributed by atoms with E-state index in [-0.39, 0.29) is 23.3 Å². The van der Waals surface area contributed by atoms with Crippen molar-refractivity contribution < 1.29 is 9.18 Å². The summed E-state index contributed by atoms with van der Waals surface area (Å²) in [7, 11) is 0. The van der Waals surface area contributed by atoms with Gasteiger partial charge in [0.2, 0.25) is 0 Å². The lowest BCUT2D eigenvalue weighted by molar-refractivity contribution is -0.118. The zero-order chi connectivity index (χ0) is 13.8. The van der Waals surface area contributed by atoms with Gasteiger partial charge < -0.3 is 0 Å². The average molecular weight is 319 g/mol. The molecule has 1 aromatic rings. The maximum absolute atomic E-state index is 13.7. The fourth-order valence-corrected chi connectivity index (χ4v) is 5.35. The van der Waals surface area contributed by atoms with Crippen LogP contribution in [0.3, 0.4) is 0 Å². The lowest BCUT2D eigenvalue weighted by Gasteiger charge is -2.28. The van der Waals surface area contributed by atoms with E-state index in [1.54, 1.807) is 23.9 Å². The van der Waals surface area contributed by atoms with Crippen molar-refractivity contribution in [3.8, 4) is 0 Å². The van der Waals surface area contributed by atoms with Gasteiger partial charge in [-0.25, -0.2) is 4.39 Å². The fraction of sp³-hybridized carbons (Fsp3) is 0.500. The van der Waals surface area contributed by atoms with E-state index in [2.05, 4.69) is 6.92 Å². The third-order valence-electron chi connectivity index (χ3n) is 3.15. The minimum Gasteiger partial charge on any atom is -0.298 e. The molecule has 1 heterocycles. The molecule has 2 atom stereocenters. The van der Waals surface area contributed by atoms with Crippen LogP contribution in [-0.2, 0) is 11.2 Å². The second-order valence-electron chi connectivity index (χ2n) is 4.49. The van der Waals surface area contributed by atoms with Gasteiger partial charge in [-0.3, -0.25) is 4.79 Å². The minimum atomic E-state index is -0.387. The van der Waals surface area contributed by atoms with Crippen LogP contribution in [-0.4, -0.2) is 27.8 Å². The average Bonchev–Trinajstić information content (AvgIpc) is 2.41. The first kappa shape index (κ1) is 15.2. The number of halogens is 2. The van der Waals surface area contributed by atoms with Crippen LogP contribution in [0.15, 0.2) is 18.2 Å². The highest BCUT2D eigenvalue weighted by Gasteiger charge is 2.31. The zero-order valence-corrected chi connectivity index (χ0v) is 13.1. The lowest BCUT2D eigenvalue weighted by Crippen LogP contribution is -2.33. The summed E-state index contributed by atoms with van der Waals surface area (Å²) in [6.07, 6.45) is 1.15. The minimum absolute atomic E-state index is 0.00109. The van der Waals surface area contributed by atoms with Gasteiger partial charge in [0.25, 0.3) is 0 Å². The van der Waals surface area contributed by atoms with Crippen LogP contribution in [0.2, 0.25) is 5.02 Å². The third-order valence-corrected chi connectivity index (χ3v) is 6.68. The Balaban J connectivity index is 2.07. The molecule has 1 aliphatic rings. The Morgan fingerprint density at radius 1 is 1.42 bits per heavy atom. The molecule has 1 fully saturated rings. The number of benzene rings is 1. The van der Waals surface area contributed by atoms with Crippen molar-refractivity contribution in [3.63, 3.8) is 0 Å². The summed E-state index contributed by atoms with van der Waals surface area (Å²) in [4.78, 5) is 12.3. The second-order valence-corrected chi connectivity index (χ2v) is 7.52. The molecule has 1 aliphatic heterocycles. The van der Waals surface area contributed by atoms with Crippen LogP contribution in [0.5, 0.6) is 0 Å². The van der Waals surface area contributed by atoms with Crippen LogP contribution in [0.1, 0.15) is 18.9 Å². The maximum Gasteiger partial charge on any atom is 0.151 e. The Kier molecular flexibility index (Phi) is 5.60. The highest BCUT2D eigenvalue weighted by atomic mass is 35.5. The largest absolute Gasteiger partial charge is 0.298 e. The first-order chi connectivity index (χ1) is 9.11. The summed E-state index contributed by atoms with van der Waals surface area (Å²) in [5, 5.41) is 0.725. The van der Waals surface area contributed by atoms with Crippen molar-refractivity contribution in [1.29, 1.82) is 0 Å². The molecule has 1 aromatic carbocycles. The van der Waals surface area contributed by atoms with E-state index in [4.69, 9.17) is 11.6 Å². The third kappa shape index (κ3) is 3.89. The smallest absolute Gasteiger partial charge is 0.151 e. The maximum atomic E-state index is 13.7. The van der Waals surface area contributed by atoms with Gasteiger partial charge in [0, 0.05) is 28.2 Å². The first-order valence-electron chi connectivity index (χ1n) is 6.31. The number of thioether (sulfide) groups is 2. The van der Waals surface area contributed by atoms with Gasteiger partial charge in [0.1, 0.15) is 5.82 Å². The molecule has 2 unspecified atom stereocenters. The van der Waals surface area contributed by atoms with Crippen molar-refractivity contribution >= 4 is 40.9 Å². The number of Topliss-reactive ketones (excluding diaryl/α,β-unsaturated/α-hetero) is 1. The molecule has 0 amide bonds. The van der Waals surface area contributed by atoms with E-state index < -0.39 is 0 Å². The molecule has 0 radical (unpaired) electrons. The Morgan fingerprint density at radius 2 is 2.16 bits per heavy atom. The summed E-state index contributed by atoms with van der Waals surface area (Å²) >= 11 is 9.29. The lowest BCUT2D eigenvalue weighted by atomic mass is 10.0. The van der Waals surface area contributed by atoms with Crippen LogP contribution in [0, 0.1) is 5.82 Å². The topological polar surface area (TPSA) is 17.1 Å². The number of ketones is 1. The van der Waals surface area contributed by atoms with Crippen LogP contribution < -0.4 is 0 Å². The summed E-state index contributed by atoms with van der Waals surface area (Å²) in [5.74, 6) is 1.84. The van der Waals surface area contributed by atoms with Crippen molar-refractivity contribution in [2.24, 2.45) is 0 Å². The number of hydrogen-bond acceptors (Lipinski definition) is 3. The first-order valence-corrected chi connectivity index (χ1v) is 8.79. The molecule has 2 rings (SSSR count). The van der Waals surface area contributed by atoms with Gasteiger partial charge in [-0.2, -0.15) is 11.8 Å². The van der Waals surface area contributed by atoms with Crippen molar-refractivity contribution in [3.05, 3.63) is 34.6 Å². The van der Waals surface area contributed by atoms with Crippen molar-refractivity contribution in [2.75, 3.05) is 11.5 Å². The van der Waals surface area contributed by atoms with Gasteiger partial charge in [-0.15, -0.1) is 11.8 Å². The molecular weight excluding hydrogens is 303 g/mol. The molecule has 0 bridgehead atoms. The molecular formula is C14H16ClFOS2. The quantitative estimate of drug-likeness (QED) is 0.827. The molecule has 0 spiro atoms. The van der Waals surface area contributed by atoms with Crippen molar-refractivity contribution in [2.45, 2.75) is 30.3 Å².